The third-order valence-corrected chi connectivity index (χ3v) is 3.88. The van der Waals surface area contributed by atoms with Crippen LogP contribution in [0.4, 0.5) is 0 Å². The number of hydrogen-bond donors (Lipinski definition) is 1. The van der Waals surface area contributed by atoms with Crippen molar-refractivity contribution in [1.82, 2.24) is 4.98 Å². The van der Waals surface area contributed by atoms with E-state index in [1.165, 1.54) is 11.3 Å². The van der Waals surface area contributed by atoms with Gasteiger partial charge < -0.3 is 0 Å². The molecule has 0 unspecified atom stereocenters. The van der Waals surface area contributed by atoms with Crippen LogP contribution in [0, 0.1) is 5.41 Å². The van der Waals surface area contributed by atoms with Crippen LogP contribution in [0.2, 0.25) is 0 Å². The fourth-order valence-electron chi connectivity index (χ4n) is 2.02. The fraction of sp³-hybridized carbons (Fsp3) is 0. The average Bonchev–Trinajstić information content (AvgIpc) is 2.55. The molecule has 3 nitrogen and oxygen atoms in total. The highest BCUT2D eigenvalue weighted by Gasteiger charge is 2.12. The Morgan fingerprint density at radius 2 is 1.57 bits per heavy atom. The van der Waals surface area contributed by atoms with Gasteiger partial charge in [-0.2, -0.15) is 0 Å². The summed E-state index contributed by atoms with van der Waals surface area (Å²) in [7, 11) is 0. The smallest absolute Gasteiger partial charge is 0.211 e. The predicted octanol–water partition coefficient (Wildman–Crippen LogP) is 3.52. The topological polar surface area (TPSA) is 53.8 Å². The zero-order chi connectivity index (χ0) is 14.7. The third kappa shape index (κ3) is 2.95. The quantitative estimate of drug-likeness (QED) is 0.751. The summed E-state index contributed by atoms with van der Waals surface area (Å²) in [5, 5.41) is 7.84. The summed E-state index contributed by atoms with van der Waals surface area (Å²) in [4.78, 5) is 17.5. The lowest BCUT2D eigenvalue weighted by Gasteiger charge is -2.04. The number of rotatable bonds is 3. The van der Waals surface area contributed by atoms with E-state index in [-0.39, 0.29) is 10.6 Å². The molecule has 1 heterocycles. The van der Waals surface area contributed by atoms with E-state index < -0.39 is 0 Å². The molecule has 4 heteroatoms. The van der Waals surface area contributed by atoms with Gasteiger partial charge in [0.05, 0.1) is 0 Å². The molecule has 3 rings (SSSR count). The van der Waals surface area contributed by atoms with E-state index in [0.717, 1.165) is 10.4 Å². The van der Waals surface area contributed by atoms with E-state index in [4.69, 9.17) is 5.41 Å². The van der Waals surface area contributed by atoms with E-state index in [1.807, 2.05) is 48.5 Å². The van der Waals surface area contributed by atoms with E-state index >= 15 is 0 Å². The number of aromatic nitrogens is 1. The van der Waals surface area contributed by atoms with Crippen molar-refractivity contribution in [1.29, 1.82) is 5.41 Å². The highest BCUT2D eigenvalue weighted by Crippen LogP contribution is 2.22. The summed E-state index contributed by atoms with van der Waals surface area (Å²) in [6.45, 7) is 0. The molecule has 0 amide bonds. The Kier molecular flexibility index (Phi) is 3.71. The lowest BCUT2D eigenvalue weighted by atomic mass is 10.1. The van der Waals surface area contributed by atoms with E-state index in [2.05, 4.69) is 4.98 Å². The molecule has 21 heavy (non-hydrogen) atoms. The molecule has 1 aromatic heterocycles. The first-order chi connectivity index (χ1) is 10.2. The molecule has 0 atom stereocenters. The van der Waals surface area contributed by atoms with Crippen LogP contribution in [0.15, 0.2) is 66.7 Å². The van der Waals surface area contributed by atoms with Gasteiger partial charge in [0.2, 0.25) is 10.6 Å². The van der Waals surface area contributed by atoms with Crippen LogP contribution in [0.25, 0.3) is 10.4 Å². The zero-order valence-corrected chi connectivity index (χ0v) is 11.9. The van der Waals surface area contributed by atoms with Crippen LogP contribution >= 0.6 is 11.3 Å². The standard InChI is InChI=1S/C17H12N2OS/c18-17-19-14(16(20)13-9-5-2-6-10-13)11-15(21-17)12-7-3-1-4-8-12/h1-11,18H. The van der Waals surface area contributed by atoms with Crippen molar-refractivity contribution >= 4 is 17.1 Å². The lowest BCUT2D eigenvalue weighted by molar-refractivity contribution is 0.103. The predicted molar refractivity (Wildman–Crippen MR) is 83.3 cm³/mol. The van der Waals surface area contributed by atoms with Crippen molar-refractivity contribution in [2.75, 3.05) is 0 Å². The SMILES string of the molecule is N=c1nc(C(=O)c2ccccc2)cc(-c2ccccc2)s1. The Morgan fingerprint density at radius 3 is 2.24 bits per heavy atom. The molecule has 2 aromatic carbocycles. The fourth-order valence-corrected chi connectivity index (χ4v) is 2.80. The normalized spacial score (nSPS) is 10.3. The average molecular weight is 292 g/mol. The van der Waals surface area contributed by atoms with Gasteiger partial charge in [0.25, 0.3) is 0 Å². The van der Waals surface area contributed by atoms with Crippen molar-refractivity contribution in [2.45, 2.75) is 0 Å². The van der Waals surface area contributed by atoms with Crippen LogP contribution in [0.3, 0.4) is 0 Å². The second kappa shape index (κ2) is 5.81. The molecular formula is C17H12N2OS. The van der Waals surface area contributed by atoms with Crippen molar-refractivity contribution in [3.05, 3.63) is 82.8 Å². The van der Waals surface area contributed by atoms with Crippen LogP contribution in [0.1, 0.15) is 16.1 Å². The Labute approximate surface area is 126 Å². The Morgan fingerprint density at radius 1 is 0.952 bits per heavy atom. The van der Waals surface area contributed by atoms with Gasteiger partial charge in [-0.05, 0) is 11.6 Å². The highest BCUT2D eigenvalue weighted by molar-refractivity contribution is 7.12. The molecule has 0 aliphatic carbocycles. The molecule has 0 radical (unpaired) electrons. The van der Waals surface area contributed by atoms with Gasteiger partial charge in [-0.1, -0.05) is 72.0 Å². The molecule has 0 aliphatic heterocycles. The summed E-state index contributed by atoms with van der Waals surface area (Å²) >= 11 is 1.26. The molecule has 0 saturated carbocycles. The molecule has 0 spiro atoms. The van der Waals surface area contributed by atoms with E-state index in [9.17, 15) is 4.79 Å². The molecule has 0 saturated heterocycles. The number of benzene rings is 2. The summed E-state index contributed by atoms with van der Waals surface area (Å²) in [6.07, 6.45) is 0. The maximum absolute atomic E-state index is 12.4. The summed E-state index contributed by atoms with van der Waals surface area (Å²) in [5.74, 6) is -0.158. The van der Waals surface area contributed by atoms with Crippen molar-refractivity contribution in [3.8, 4) is 10.4 Å². The molecule has 0 aliphatic rings. The number of ketones is 1. The van der Waals surface area contributed by atoms with Gasteiger partial charge in [-0.25, -0.2) is 4.98 Å². The molecule has 0 fully saturated rings. The molecule has 0 bridgehead atoms. The van der Waals surface area contributed by atoms with E-state index in [0.29, 0.717) is 11.3 Å². The number of nitrogens with zero attached hydrogens (tertiary/aromatic N) is 1. The first-order valence-corrected chi connectivity index (χ1v) is 7.27. The minimum Gasteiger partial charge on any atom is -0.287 e. The molecule has 1 N–H and O–H groups in total. The molecular weight excluding hydrogens is 280 g/mol. The van der Waals surface area contributed by atoms with Gasteiger partial charge in [-0.15, -0.1) is 0 Å². The van der Waals surface area contributed by atoms with Gasteiger partial charge in [0.1, 0.15) is 5.69 Å². The number of carbonyl (C=O) groups excluding carboxylic acids is 1. The Hall–Kier alpha value is -2.59. The summed E-state index contributed by atoms with van der Waals surface area (Å²) < 4.78 is 0. The van der Waals surface area contributed by atoms with Crippen LogP contribution in [-0.2, 0) is 0 Å². The summed E-state index contributed by atoms with van der Waals surface area (Å²) in [5.41, 5.74) is 1.88. The van der Waals surface area contributed by atoms with Crippen molar-refractivity contribution < 1.29 is 4.79 Å². The van der Waals surface area contributed by atoms with Crippen molar-refractivity contribution in [3.63, 3.8) is 0 Å². The lowest BCUT2D eigenvalue weighted by Crippen LogP contribution is -2.11. The van der Waals surface area contributed by atoms with Crippen LogP contribution < -0.4 is 4.80 Å². The monoisotopic (exact) mass is 292 g/mol. The number of nitrogens with one attached hydrogen (secondary N) is 1. The zero-order valence-electron chi connectivity index (χ0n) is 11.1. The van der Waals surface area contributed by atoms with E-state index in [1.54, 1.807) is 18.2 Å². The molecule has 102 valence electrons. The number of carbonyl (C=O) groups is 1. The summed E-state index contributed by atoms with van der Waals surface area (Å²) in [6, 6.07) is 20.5. The second-order valence-electron chi connectivity index (χ2n) is 4.47. The van der Waals surface area contributed by atoms with Crippen LogP contribution in [0.5, 0.6) is 0 Å². The highest BCUT2D eigenvalue weighted by atomic mass is 32.1. The van der Waals surface area contributed by atoms with Gasteiger partial charge >= 0.3 is 0 Å². The van der Waals surface area contributed by atoms with Crippen LogP contribution in [-0.4, -0.2) is 10.8 Å². The largest absolute Gasteiger partial charge is 0.287 e. The molecule has 3 aromatic rings. The van der Waals surface area contributed by atoms with Crippen molar-refractivity contribution in [2.24, 2.45) is 0 Å². The maximum atomic E-state index is 12.4. The number of hydrogen-bond acceptors (Lipinski definition) is 4. The minimum absolute atomic E-state index is 0.135. The van der Waals surface area contributed by atoms with Gasteiger partial charge in [0, 0.05) is 10.4 Å². The Balaban J connectivity index is 2.07. The Bertz CT molecular complexity index is 826. The first kappa shape index (κ1) is 13.4. The third-order valence-electron chi connectivity index (χ3n) is 3.02. The second-order valence-corrected chi connectivity index (χ2v) is 5.50. The minimum atomic E-state index is -0.158. The van der Waals surface area contributed by atoms with Gasteiger partial charge in [0.15, 0.2) is 0 Å². The maximum Gasteiger partial charge on any atom is 0.211 e. The first-order valence-electron chi connectivity index (χ1n) is 6.46. The van der Waals surface area contributed by atoms with Gasteiger partial charge in [-0.3, -0.25) is 10.2 Å².